The number of hydrogen-bond acceptors (Lipinski definition) is 2. The molecule has 6 heteroatoms. The van der Waals surface area contributed by atoms with Crippen molar-refractivity contribution in [2.75, 3.05) is 0 Å². The number of amides is 1. The van der Waals surface area contributed by atoms with Gasteiger partial charge in [0.15, 0.2) is 0 Å². The second-order valence-corrected chi connectivity index (χ2v) is 5.11. The van der Waals surface area contributed by atoms with Gasteiger partial charge in [0.2, 0.25) is 0 Å². The minimum Gasteiger partial charge on any atom is -0.477 e. The van der Waals surface area contributed by atoms with Gasteiger partial charge in [-0.2, -0.15) is 0 Å². The molecular formula is C15H15ClN2O3. The molecule has 1 amide bonds. The van der Waals surface area contributed by atoms with Crippen LogP contribution in [0.3, 0.4) is 0 Å². The lowest BCUT2D eigenvalue weighted by Crippen LogP contribution is -2.24. The Hall–Kier alpha value is -2.27. The van der Waals surface area contributed by atoms with Crippen LogP contribution in [-0.4, -0.2) is 22.0 Å². The van der Waals surface area contributed by atoms with Crippen LogP contribution in [-0.2, 0) is 6.54 Å². The molecule has 3 N–H and O–H groups in total. The number of carboxylic acids is 1. The summed E-state index contributed by atoms with van der Waals surface area (Å²) in [6.07, 6.45) is 0. The van der Waals surface area contributed by atoms with Gasteiger partial charge >= 0.3 is 5.97 Å². The molecule has 0 saturated heterocycles. The standard InChI is InChI=1S/C15H15ClN2O3/c1-8-12(9(2)18-13(8)15(20)21)14(19)17-7-10-5-3-4-6-11(10)16/h3-6,18H,7H2,1-2H3,(H,17,19)(H,20,21). The normalized spacial score (nSPS) is 10.4. The van der Waals surface area contributed by atoms with Gasteiger partial charge in [-0.25, -0.2) is 4.79 Å². The van der Waals surface area contributed by atoms with Crippen LogP contribution >= 0.6 is 11.6 Å². The molecule has 0 spiro atoms. The smallest absolute Gasteiger partial charge is 0.352 e. The van der Waals surface area contributed by atoms with Crippen molar-refractivity contribution in [1.29, 1.82) is 0 Å². The molecule has 0 aliphatic carbocycles. The number of aromatic amines is 1. The number of benzene rings is 1. The number of carbonyl (C=O) groups excluding carboxylic acids is 1. The largest absolute Gasteiger partial charge is 0.477 e. The minimum atomic E-state index is -1.08. The molecule has 0 atom stereocenters. The first-order valence-electron chi connectivity index (χ1n) is 6.36. The topological polar surface area (TPSA) is 82.2 Å². The van der Waals surface area contributed by atoms with E-state index in [2.05, 4.69) is 10.3 Å². The third-order valence-corrected chi connectivity index (χ3v) is 3.64. The van der Waals surface area contributed by atoms with E-state index >= 15 is 0 Å². The number of carboxylic acid groups (broad SMARTS) is 1. The van der Waals surface area contributed by atoms with Gasteiger partial charge < -0.3 is 15.4 Å². The average Bonchev–Trinajstić information content (AvgIpc) is 2.73. The van der Waals surface area contributed by atoms with E-state index in [0.717, 1.165) is 5.56 Å². The molecule has 21 heavy (non-hydrogen) atoms. The van der Waals surface area contributed by atoms with Gasteiger partial charge in [0.1, 0.15) is 5.69 Å². The maximum Gasteiger partial charge on any atom is 0.352 e. The summed E-state index contributed by atoms with van der Waals surface area (Å²) >= 11 is 6.03. The van der Waals surface area contributed by atoms with Crippen molar-refractivity contribution in [3.8, 4) is 0 Å². The van der Waals surface area contributed by atoms with Gasteiger partial charge in [0.25, 0.3) is 5.91 Å². The first-order chi connectivity index (χ1) is 9.91. The van der Waals surface area contributed by atoms with Crippen LogP contribution in [0.25, 0.3) is 0 Å². The number of aromatic carboxylic acids is 1. The molecule has 0 saturated carbocycles. The molecule has 5 nitrogen and oxygen atoms in total. The van der Waals surface area contributed by atoms with Crippen molar-refractivity contribution < 1.29 is 14.7 Å². The van der Waals surface area contributed by atoms with Crippen molar-refractivity contribution in [3.05, 3.63) is 57.4 Å². The molecule has 0 bridgehead atoms. The van der Waals surface area contributed by atoms with Crippen LogP contribution in [0.5, 0.6) is 0 Å². The molecule has 0 fully saturated rings. The number of H-pyrrole nitrogens is 1. The van der Waals surface area contributed by atoms with Crippen molar-refractivity contribution >= 4 is 23.5 Å². The van der Waals surface area contributed by atoms with Gasteiger partial charge in [0, 0.05) is 17.3 Å². The number of carbonyl (C=O) groups is 2. The Labute approximate surface area is 126 Å². The highest BCUT2D eigenvalue weighted by molar-refractivity contribution is 6.31. The Morgan fingerprint density at radius 2 is 1.95 bits per heavy atom. The third-order valence-electron chi connectivity index (χ3n) is 3.28. The fourth-order valence-electron chi connectivity index (χ4n) is 2.21. The van der Waals surface area contributed by atoms with Crippen LogP contribution in [0, 0.1) is 13.8 Å². The number of halogens is 1. The van der Waals surface area contributed by atoms with Crippen LogP contribution in [0.1, 0.15) is 37.7 Å². The Morgan fingerprint density at radius 1 is 1.29 bits per heavy atom. The van der Waals surface area contributed by atoms with Gasteiger partial charge in [-0.15, -0.1) is 0 Å². The molecule has 110 valence electrons. The van der Waals surface area contributed by atoms with E-state index in [9.17, 15) is 9.59 Å². The second kappa shape index (κ2) is 6.01. The Bertz CT molecular complexity index is 707. The summed E-state index contributed by atoms with van der Waals surface area (Å²) < 4.78 is 0. The number of aromatic nitrogens is 1. The van der Waals surface area contributed by atoms with Crippen LogP contribution in [0.2, 0.25) is 5.02 Å². The zero-order chi connectivity index (χ0) is 15.6. The molecule has 2 rings (SSSR count). The van der Waals surface area contributed by atoms with Crippen molar-refractivity contribution in [3.63, 3.8) is 0 Å². The zero-order valence-corrected chi connectivity index (χ0v) is 12.4. The average molecular weight is 307 g/mol. The van der Waals surface area contributed by atoms with Crippen LogP contribution in [0.15, 0.2) is 24.3 Å². The van der Waals surface area contributed by atoms with Crippen molar-refractivity contribution in [2.24, 2.45) is 0 Å². The first kappa shape index (κ1) is 15.1. The fraction of sp³-hybridized carbons (Fsp3) is 0.200. The molecule has 0 aliphatic rings. The summed E-state index contributed by atoms with van der Waals surface area (Å²) in [6, 6.07) is 7.22. The highest BCUT2D eigenvalue weighted by Crippen LogP contribution is 2.19. The third kappa shape index (κ3) is 3.08. The van der Waals surface area contributed by atoms with Gasteiger partial charge in [-0.3, -0.25) is 4.79 Å². The summed E-state index contributed by atoms with van der Waals surface area (Å²) in [5.74, 6) is -1.41. The van der Waals surface area contributed by atoms with E-state index in [4.69, 9.17) is 16.7 Å². The summed E-state index contributed by atoms with van der Waals surface area (Å²) in [7, 11) is 0. The van der Waals surface area contributed by atoms with Crippen molar-refractivity contribution in [1.82, 2.24) is 10.3 Å². The fourth-order valence-corrected chi connectivity index (χ4v) is 2.41. The number of rotatable bonds is 4. The maximum atomic E-state index is 12.2. The molecule has 2 aromatic rings. The molecule has 1 aromatic carbocycles. The number of nitrogens with one attached hydrogen (secondary N) is 2. The molecule has 0 unspecified atom stereocenters. The number of aryl methyl sites for hydroxylation is 1. The second-order valence-electron chi connectivity index (χ2n) is 4.70. The predicted octanol–water partition coefficient (Wildman–Crippen LogP) is 2.91. The van der Waals surface area contributed by atoms with E-state index in [1.54, 1.807) is 19.9 Å². The SMILES string of the molecule is Cc1[nH]c(C(=O)O)c(C)c1C(=O)NCc1ccccc1Cl. The van der Waals surface area contributed by atoms with Crippen LogP contribution < -0.4 is 5.32 Å². The summed E-state index contributed by atoms with van der Waals surface area (Å²) in [6.45, 7) is 3.56. The van der Waals surface area contributed by atoms with Gasteiger partial charge in [0.05, 0.1) is 5.56 Å². The molecule has 1 heterocycles. The highest BCUT2D eigenvalue weighted by atomic mass is 35.5. The van der Waals surface area contributed by atoms with E-state index in [-0.39, 0.29) is 18.1 Å². The lowest BCUT2D eigenvalue weighted by Gasteiger charge is -2.07. The van der Waals surface area contributed by atoms with Crippen LogP contribution in [0.4, 0.5) is 0 Å². The minimum absolute atomic E-state index is 0.0374. The van der Waals surface area contributed by atoms with Crippen molar-refractivity contribution in [2.45, 2.75) is 20.4 Å². The molecule has 1 aromatic heterocycles. The summed E-state index contributed by atoms with van der Waals surface area (Å²) in [5.41, 5.74) is 2.16. The van der Waals surface area contributed by atoms with E-state index in [1.165, 1.54) is 0 Å². The zero-order valence-electron chi connectivity index (χ0n) is 11.7. The molecule has 0 aliphatic heterocycles. The molecule has 0 radical (unpaired) electrons. The lowest BCUT2D eigenvalue weighted by molar-refractivity contribution is 0.0690. The molecular weight excluding hydrogens is 292 g/mol. The van der Waals surface area contributed by atoms with E-state index in [0.29, 0.717) is 21.8 Å². The Kier molecular flexibility index (Phi) is 4.33. The first-order valence-corrected chi connectivity index (χ1v) is 6.73. The van der Waals surface area contributed by atoms with E-state index < -0.39 is 5.97 Å². The summed E-state index contributed by atoms with van der Waals surface area (Å²) in [4.78, 5) is 26.0. The monoisotopic (exact) mass is 306 g/mol. The predicted molar refractivity (Wildman–Crippen MR) is 79.8 cm³/mol. The van der Waals surface area contributed by atoms with Gasteiger partial charge in [-0.05, 0) is 31.0 Å². The Balaban J connectivity index is 2.18. The van der Waals surface area contributed by atoms with Gasteiger partial charge in [-0.1, -0.05) is 29.8 Å². The maximum absolute atomic E-state index is 12.2. The van der Waals surface area contributed by atoms with E-state index in [1.807, 2.05) is 18.2 Å². The number of hydrogen-bond donors (Lipinski definition) is 3. The summed E-state index contributed by atoms with van der Waals surface area (Å²) in [5, 5.41) is 12.4. The Morgan fingerprint density at radius 3 is 2.52 bits per heavy atom. The highest BCUT2D eigenvalue weighted by Gasteiger charge is 2.21. The lowest BCUT2D eigenvalue weighted by atomic mass is 10.1. The quantitative estimate of drug-likeness (QED) is 0.812.